The van der Waals surface area contributed by atoms with Crippen molar-refractivity contribution in [3.8, 4) is 11.5 Å². The predicted octanol–water partition coefficient (Wildman–Crippen LogP) is 4.09. The monoisotopic (exact) mass is 565 g/mol. The van der Waals surface area contributed by atoms with Crippen LogP contribution in [0.1, 0.15) is 23.6 Å². The number of nitrogens with zero attached hydrogens (tertiary/aromatic N) is 5. The van der Waals surface area contributed by atoms with Crippen LogP contribution in [-0.4, -0.2) is 75.6 Å². The molecule has 0 spiro atoms. The average molecular weight is 566 g/mol. The molecule has 2 aliphatic heterocycles. The number of nitrogens with two attached hydrogens (primary N) is 1. The zero-order valence-corrected chi connectivity index (χ0v) is 23.5. The number of rotatable bonds is 7. The molecule has 10 nitrogen and oxygen atoms in total. The zero-order valence-electron chi connectivity index (χ0n) is 23.5. The molecule has 1 aromatic heterocycles. The van der Waals surface area contributed by atoms with Crippen molar-refractivity contribution in [3.63, 3.8) is 0 Å². The van der Waals surface area contributed by atoms with Crippen LogP contribution in [0.5, 0.6) is 11.5 Å². The van der Waals surface area contributed by atoms with Crippen molar-refractivity contribution in [1.82, 2.24) is 9.88 Å². The maximum atomic E-state index is 15.3. The summed E-state index contributed by atoms with van der Waals surface area (Å²) in [5.41, 5.74) is 8.51. The fourth-order valence-corrected chi connectivity index (χ4v) is 5.40. The molecule has 3 heterocycles. The Morgan fingerprint density at radius 3 is 2.20 bits per heavy atom. The number of nitrogen functional groups attached to an aromatic ring is 1. The molecule has 2 aromatic carbocycles. The van der Waals surface area contributed by atoms with E-state index in [4.69, 9.17) is 20.6 Å². The van der Waals surface area contributed by atoms with Gasteiger partial charge in [0.25, 0.3) is 0 Å². The molecule has 1 saturated heterocycles. The highest BCUT2D eigenvalue weighted by molar-refractivity contribution is 6.20. The first kappa shape index (κ1) is 28.1. The number of amides is 2. The van der Waals surface area contributed by atoms with Gasteiger partial charge in [-0.05, 0) is 18.7 Å². The maximum absolute atomic E-state index is 15.3. The highest BCUT2D eigenvalue weighted by Crippen LogP contribution is 2.42. The summed E-state index contributed by atoms with van der Waals surface area (Å²) in [5.74, 6) is -2.55. The second-order valence-electron chi connectivity index (χ2n) is 9.92. The van der Waals surface area contributed by atoms with Gasteiger partial charge in [-0.1, -0.05) is 19.1 Å². The van der Waals surface area contributed by atoms with E-state index in [-0.39, 0.29) is 35.1 Å². The number of likely N-dealkylation sites (N-methyl/N-ethyl adjacent to an activating group) is 1. The summed E-state index contributed by atoms with van der Waals surface area (Å²) in [6.45, 7) is 6.84. The van der Waals surface area contributed by atoms with Gasteiger partial charge in [0.2, 0.25) is 0 Å². The normalized spacial score (nSPS) is 15.7. The van der Waals surface area contributed by atoms with Crippen LogP contribution < -0.4 is 29.9 Å². The van der Waals surface area contributed by atoms with Gasteiger partial charge in [-0.15, -0.1) is 0 Å². The van der Waals surface area contributed by atoms with Crippen molar-refractivity contribution in [1.29, 1.82) is 5.41 Å². The molecule has 0 saturated carbocycles. The molecule has 3 N–H and O–H groups in total. The van der Waals surface area contributed by atoms with E-state index in [0.717, 1.165) is 49.4 Å². The van der Waals surface area contributed by atoms with Gasteiger partial charge in [0, 0.05) is 62.3 Å². The molecule has 0 unspecified atom stereocenters. The van der Waals surface area contributed by atoms with Crippen LogP contribution in [0.3, 0.4) is 0 Å². The van der Waals surface area contributed by atoms with Crippen molar-refractivity contribution in [2.75, 3.05) is 74.4 Å². The summed E-state index contributed by atoms with van der Waals surface area (Å²) >= 11 is 0. The number of hydrogen-bond acceptors (Lipinski definition) is 8. The smallest absolute Gasteiger partial charge is 0.329 e. The van der Waals surface area contributed by atoms with Crippen LogP contribution in [0.15, 0.2) is 36.5 Å². The molecule has 0 radical (unpaired) electrons. The van der Waals surface area contributed by atoms with Gasteiger partial charge in [-0.3, -0.25) is 15.2 Å². The molecule has 41 heavy (non-hydrogen) atoms. The van der Waals surface area contributed by atoms with Gasteiger partial charge in [0.05, 0.1) is 37.7 Å². The Kier molecular flexibility index (Phi) is 7.68. The number of methoxy groups -OCH3 is 2. The number of nitrogens with one attached hydrogen (secondary N) is 1. The van der Waals surface area contributed by atoms with Gasteiger partial charge in [-0.2, -0.15) is 0 Å². The second kappa shape index (κ2) is 11.2. The minimum atomic E-state index is -1.04. The summed E-state index contributed by atoms with van der Waals surface area (Å²) in [4.78, 5) is 24.7. The number of piperazine rings is 1. The lowest BCUT2D eigenvalue weighted by Gasteiger charge is -2.37. The number of carbonyl (C=O) groups excluding carboxylic acids is 1. The highest BCUT2D eigenvalue weighted by Gasteiger charge is 2.37. The minimum absolute atomic E-state index is 0.0713. The molecule has 0 aliphatic carbocycles. The third-order valence-electron chi connectivity index (χ3n) is 7.75. The molecular formula is C29H33F2N7O3. The zero-order chi connectivity index (χ0) is 29.4. The third kappa shape index (κ3) is 4.88. The summed E-state index contributed by atoms with van der Waals surface area (Å²) < 4.78 is 40.7. The van der Waals surface area contributed by atoms with Crippen molar-refractivity contribution in [2.24, 2.45) is 0 Å². The number of urea groups is 1. The molecule has 5 rings (SSSR count). The molecule has 2 aliphatic rings. The van der Waals surface area contributed by atoms with Gasteiger partial charge in [0.15, 0.2) is 23.1 Å². The predicted molar refractivity (Wildman–Crippen MR) is 155 cm³/mol. The van der Waals surface area contributed by atoms with Gasteiger partial charge >= 0.3 is 6.03 Å². The van der Waals surface area contributed by atoms with Crippen LogP contribution in [0.4, 0.5) is 36.5 Å². The van der Waals surface area contributed by atoms with Gasteiger partial charge in [-0.25, -0.2) is 18.6 Å². The number of anilines is 4. The van der Waals surface area contributed by atoms with E-state index in [9.17, 15) is 4.79 Å². The SMILES string of the molecule is CCN1CCN(c2ccc(C(=N)c3c(N)ncc4c3N(C)C(=O)N(c3c(F)c(OC)cc(OC)c3F)C4)cc2)CC1. The number of benzene rings is 2. The Balaban J connectivity index is 1.48. The summed E-state index contributed by atoms with van der Waals surface area (Å²) in [5, 5.41) is 9.02. The fraction of sp³-hybridized carbons (Fsp3) is 0.345. The molecule has 12 heteroatoms. The van der Waals surface area contributed by atoms with Gasteiger partial charge in [0.1, 0.15) is 11.5 Å². The van der Waals surface area contributed by atoms with E-state index < -0.39 is 23.4 Å². The lowest BCUT2D eigenvalue weighted by atomic mass is 9.97. The van der Waals surface area contributed by atoms with Crippen LogP contribution in [0.2, 0.25) is 0 Å². The number of aromatic nitrogens is 1. The molecule has 0 bridgehead atoms. The summed E-state index contributed by atoms with van der Waals surface area (Å²) in [6.07, 6.45) is 1.45. The van der Waals surface area contributed by atoms with Crippen molar-refractivity contribution in [2.45, 2.75) is 13.5 Å². The lowest BCUT2D eigenvalue weighted by Crippen LogP contribution is -2.47. The van der Waals surface area contributed by atoms with Crippen LogP contribution in [-0.2, 0) is 6.54 Å². The maximum Gasteiger partial charge on any atom is 0.329 e. The third-order valence-corrected chi connectivity index (χ3v) is 7.75. The Labute approximate surface area is 237 Å². The second-order valence-corrected chi connectivity index (χ2v) is 9.92. The van der Waals surface area contributed by atoms with Crippen LogP contribution in [0.25, 0.3) is 0 Å². The number of fused-ring (bicyclic) bond motifs is 1. The average Bonchev–Trinajstić information content (AvgIpc) is 2.99. The van der Waals surface area contributed by atoms with Crippen LogP contribution in [0, 0.1) is 17.0 Å². The lowest BCUT2D eigenvalue weighted by molar-refractivity contribution is 0.250. The van der Waals surface area contributed by atoms with E-state index in [2.05, 4.69) is 21.7 Å². The number of halogens is 2. The Morgan fingerprint density at radius 2 is 1.63 bits per heavy atom. The molecule has 216 valence electrons. The van der Waals surface area contributed by atoms with E-state index in [1.807, 2.05) is 24.3 Å². The van der Waals surface area contributed by atoms with E-state index in [0.29, 0.717) is 16.8 Å². The van der Waals surface area contributed by atoms with E-state index >= 15 is 8.78 Å². The summed E-state index contributed by atoms with van der Waals surface area (Å²) in [6, 6.07) is 8.02. The quantitative estimate of drug-likeness (QED) is 0.415. The molecular weight excluding hydrogens is 532 g/mol. The molecule has 3 aromatic rings. The Hall–Kier alpha value is -4.45. The molecule has 1 fully saturated rings. The Bertz CT molecular complexity index is 1460. The number of ether oxygens (including phenoxy) is 2. The fourth-order valence-electron chi connectivity index (χ4n) is 5.40. The molecule has 0 atom stereocenters. The van der Waals surface area contributed by atoms with Crippen molar-refractivity contribution < 1.29 is 23.0 Å². The van der Waals surface area contributed by atoms with Crippen molar-refractivity contribution >= 4 is 34.6 Å². The standard InChI is InChI=1S/C29H33F2N7O3/c1-5-36-10-12-37(13-11-36)19-8-6-17(7-9-19)25(32)22-26-18(15-34-28(22)33)16-38(29(39)35(26)2)27-23(30)20(40-3)14-21(41-4)24(27)31/h6-9,14-15,32H,5,10-13,16H2,1-4H3,(H2,33,34). The van der Waals surface area contributed by atoms with E-state index in [1.165, 1.54) is 32.4 Å². The minimum Gasteiger partial charge on any atom is -0.493 e. The first-order valence-electron chi connectivity index (χ1n) is 13.3. The first-order valence-corrected chi connectivity index (χ1v) is 13.3. The van der Waals surface area contributed by atoms with Crippen LogP contribution >= 0.6 is 0 Å². The largest absolute Gasteiger partial charge is 0.493 e. The molecule has 2 amide bonds. The highest BCUT2D eigenvalue weighted by atomic mass is 19.1. The summed E-state index contributed by atoms with van der Waals surface area (Å²) in [7, 11) is 3.95. The Morgan fingerprint density at radius 1 is 1.02 bits per heavy atom. The first-order chi connectivity index (χ1) is 19.7. The number of carbonyl (C=O) groups is 1. The van der Waals surface area contributed by atoms with E-state index in [1.54, 1.807) is 0 Å². The number of pyridine rings is 1. The van der Waals surface area contributed by atoms with Crippen molar-refractivity contribution in [3.05, 3.63) is 64.9 Å². The van der Waals surface area contributed by atoms with Gasteiger partial charge < -0.3 is 25.0 Å². The topological polar surface area (TPSA) is 111 Å². The number of hydrogen-bond donors (Lipinski definition) is 2.